The van der Waals surface area contributed by atoms with Gasteiger partial charge in [-0.05, 0) is 61.8 Å². The van der Waals surface area contributed by atoms with Crippen LogP contribution in [0.5, 0.6) is 0 Å². The average Bonchev–Trinajstić information content (AvgIpc) is 3.31. The minimum atomic E-state index is -1.16. The SMILES string of the molecule is C=CCCC(NC(=O)[C@@H]1[C@@H]2C(CN1C(=O)[C@@H](NC(=O)NC(C)(C)C)C(C)(C)C)C2(C)C)C(=O)C(=O)NCCC(=O)N(C)Cc1ccccc1. The van der Waals surface area contributed by atoms with E-state index in [9.17, 15) is 28.8 Å². The first kappa shape index (κ1) is 39.2. The van der Waals surface area contributed by atoms with E-state index in [2.05, 4.69) is 27.8 Å². The fourth-order valence-electron chi connectivity index (χ4n) is 6.61. The predicted octanol–water partition coefficient (Wildman–Crippen LogP) is 3.17. The molecule has 2 unspecified atom stereocenters. The molecule has 3 rings (SSSR count). The minimum absolute atomic E-state index is 0.0000876. The van der Waals surface area contributed by atoms with E-state index in [0.29, 0.717) is 19.5 Å². The molecule has 1 heterocycles. The molecule has 49 heavy (non-hydrogen) atoms. The molecule has 0 bridgehead atoms. The van der Waals surface area contributed by atoms with Gasteiger partial charge in [0, 0.05) is 38.6 Å². The molecule has 1 aromatic rings. The van der Waals surface area contributed by atoms with Gasteiger partial charge in [-0.25, -0.2) is 4.79 Å². The van der Waals surface area contributed by atoms with Gasteiger partial charge in [0.15, 0.2) is 0 Å². The second kappa shape index (κ2) is 15.6. The van der Waals surface area contributed by atoms with Gasteiger partial charge in [-0.15, -0.1) is 6.58 Å². The van der Waals surface area contributed by atoms with Crippen LogP contribution in [0.1, 0.15) is 80.2 Å². The molecular weight excluding hydrogens is 624 g/mol. The van der Waals surface area contributed by atoms with E-state index in [0.717, 1.165) is 5.56 Å². The number of benzene rings is 1. The molecular formula is C37H56N6O6. The Bertz CT molecular complexity index is 1410. The number of allylic oxidation sites excluding steroid dienone is 1. The fraction of sp³-hybridized carbons (Fsp3) is 0.622. The summed E-state index contributed by atoms with van der Waals surface area (Å²) >= 11 is 0. The molecule has 2 fully saturated rings. The van der Waals surface area contributed by atoms with Crippen molar-refractivity contribution in [1.29, 1.82) is 0 Å². The largest absolute Gasteiger partial charge is 0.349 e. The topological polar surface area (TPSA) is 157 Å². The summed E-state index contributed by atoms with van der Waals surface area (Å²) in [4.78, 5) is 83.1. The number of carbonyl (C=O) groups excluding carboxylic acids is 6. The third-order valence-corrected chi connectivity index (χ3v) is 9.47. The lowest BCUT2D eigenvalue weighted by molar-refractivity contribution is -0.145. The second-order valence-electron chi connectivity index (χ2n) is 16.1. The van der Waals surface area contributed by atoms with Crippen molar-refractivity contribution in [3.63, 3.8) is 0 Å². The highest BCUT2D eigenvalue weighted by Gasteiger charge is 2.70. The first-order valence-corrected chi connectivity index (χ1v) is 17.1. The normalized spacial score (nSPS) is 20.6. The van der Waals surface area contributed by atoms with Crippen molar-refractivity contribution >= 4 is 35.4 Å². The van der Waals surface area contributed by atoms with E-state index < -0.39 is 52.7 Å². The molecule has 0 spiro atoms. The zero-order valence-electron chi connectivity index (χ0n) is 30.6. The van der Waals surface area contributed by atoms with E-state index >= 15 is 0 Å². The molecule has 270 valence electrons. The Morgan fingerprint density at radius 2 is 1.65 bits per heavy atom. The van der Waals surface area contributed by atoms with E-state index in [1.807, 2.05) is 85.7 Å². The molecule has 6 amide bonds. The number of rotatable bonds is 14. The zero-order chi connectivity index (χ0) is 36.9. The number of nitrogens with zero attached hydrogens (tertiary/aromatic N) is 2. The lowest BCUT2D eigenvalue weighted by atomic mass is 9.85. The van der Waals surface area contributed by atoms with Crippen LogP contribution in [-0.4, -0.2) is 89.0 Å². The fourth-order valence-corrected chi connectivity index (χ4v) is 6.61. The third kappa shape index (κ3) is 10.1. The third-order valence-electron chi connectivity index (χ3n) is 9.47. The number of fused-ring (bicyclic) bond motifs is 1. The van der Waals surface area contributed by atoms with Crippen LogP contribution >= 0.6 is 0 Å². The van der Waals surface area contributed by atoms with Gasteiger partial charge in [0.25, 0.3) is 5.91 Å². The molecule has 4 N–H and O–H groups in total. The van der Waals surface area contributed by atoms with Gasteiger partial charge in [-0.1, -0.05) is 71.0 Å². The first-order valence-electron chi connectivity index (χ1n) is 17.1. The Morgan fingerprint density at radius 1 is 1.02 bits per heavy atom. The molecule has 1 aliphatic heterocycles. The summed E-state index contributed by atoms with van der Waals surface area (Å²) in [6.45, 7) is 19.6. The maximum atomic E-state index is 14.1. The Labute approximate surface area is 291 Å². The summed E-state index contributed by atoms with van der Waals surface area (Å²) in [7, 11) is 1.67. The van der Waals surface area contributed by atoms with Crippen molar-refractivity contribution in [2.75, 3.05) is 20.1 Å². The summed E-state index contributed by atoms with van der Waals surface area (Å²) in [5.41, 5.74) is -0.428. The van der Waals surface area contributed by atoms with Gasteiger partial charge in [0.05, 0.1) is 6.04 Å². The number of nitrogens with one attached hydrogen (secondary N) is 4. The summed E-state index contributed by atoms with van der Waals surface area (Å²) < 4.78 is 0. The smallest absolute Gasteiger partial charge is 0.315 e. The Balaban J connectivity index is 1.70. The highest BCUT2D eigenvalue weighted by molar-refractivity contribution is 6.38. The summed E-state index contributed by atoms with van der Waals surface area (Å²) in [6, 6.07) is 6.05. The zero-order valence-corrected chi connectivity index (χ0v) is 30.6. The molecule has 1 saturated heterocycles. The molecule has 12 heteroatoms. The van der Waals surface area contributed by atoms with Crippen LogP contribution < -0.4 is 21.3 Å². The van der Waals surface area contributed by atoms with E-state index in [1.54, 1.807) is 18.0 Å². The van der Waals surface area contributed by atoms with Crippen molar-refractivity contribution in [2.24, 2.45) is 22.7 Å². The highest BCUT2D eigenvalue weighted by Crippen LogP contribution is 2.65. The quantitative estimate of drug-likeness (QED) is 0.175. The van der Waals surface area contributed by atoms with E-state index in [1.165, 1.54) is 4.90 Å². The van der Waals surface area contributed by atoms with Gasteiger partial charge in [0.1, 0.15) is 12.1 Å². The van der Waals surface area contributed by atoms with Crippen molar-refractivity contribution in [3.05, 3.63) is 48.6 Å². The van der Waals surface area contributed by atoms with Crippen LogP contribution in [0, 0.1) is 22.7 Å². The van der Waals surface area contributed by atoms with Gasteiger partial charge in [0.2, 0.25) is 23.5 Å². The highest BCUT2D eigenvalue weighted by atomic mass is 16.2. The second-order valence-corrected chi connectivity index (χ2v) is 16.1. The predicted molar refractivity (Wildman–Crippen MR) is 188 cm³/mol. The average molecular weight is 681 g/mol. The molecule has 0 radical (unpaired) electrons. The summed E-state index contributed by atoms with van der Waals surface area (Å²) in [6.07, 6.45) is 2.09. The van der Waals surface area contributed by atoms with Gasteiger partial charge < -0.3 is 31.1 Å². The summed E-state index contributed by atoms with van der Waals surface area (Å²) in [5.74, 6) is -2.92. The van der Waals surface area contributed by atoms with Crippen LogP contribution in [0.4, 0.5) is 4.79 Å². The Morgan fingerprint density at radius 3 is 2.22 bits per heavy atom. The maximum Gasteiger partial charge on any atom is 0.315 e. The molecule has 1 aromatic carbocycles. The number of hydrogen-bond acceptors (Lipinski definition) is 6. The van der Waals surface area contributed by atoms with Crippen LogP contribution in [0.3, 0.4) is 0 Å². The van der Waals surface area contributed by atoms with Crippen LogP contribution in [0.15, 0.2) is 43.0 Å². The number of amides is 6. The monoisotopic (exact) mass is 680 g/mol. The van der Waals surface area contributed by atoms with Gasteiger partial charge in [-0.2, -0.15) is 0 Å². The number of Topliss-reactive ketones (excluding diaryl/α,β-unsaturated/α-hetero) is 1. The number of piperidine rings is 1. The van der Waals surface area contributed by atoms with Crippen molar-refractivity contribution in [1.82, 2.24) is 31.1 Å². The number of likely N-dealkylation sites (tertiary alicyclic amines) is 1. The van der Waals surface area contributed by atoms with Gasteiger partial charge >= 0.3 is 6.03 Å². The Kier molecular flexibility index (Phi) is 12.4. The Hall–Kier alpha value is -4.22. The lowest BCUT2D eigenvalue weighted by Gasteiger charge is -2.38. The molecule has 1 aliphatic carbocycles. The molecule has 2 aliphatic rings. The van der Waals surface area contributed by atoms with Crippen molar-refractivity contribution in [3.8, 4) is 0 Å². The van der Waals surface area contributed by atoms with E-state index in [4.69, 9.17) is 0 Å². The number of ketones is 1. The van der Waals surface area contributed by atoms with Crippen molar-refractivity contribution < 1.29 is 28.8 Å². The molecule has 1 saturated carbocycles. The maximum absolute atomic E-state index is 14.1. The van der Waals surface area contributed by atoms with Crippen LogP contribution in [-0.2, 0) is 30.5 Å². The molecule has 12 nitrogen and oxygen atoms in total. The standard InChI is InChI=1S/C37H56N6O6/c1-11-12-18-25(29(45)32(47)38-20-19-26(44)42(10)21-23-16-14-13-15-17-23)39-31(46)28-27-24(37(27,8)9)22-43(28)33(48)30(35(2,3)4)40-34(49)41-36(5,6)7/h11,13-17,24-25,27-28,30H,1,12,18-22H2,2-10H3,(H,38,47)(H,39,46)(H2,40,41,49)/t24?,25?,27-,28-,30+/m0/s1. The number of carbonyl (C=O) groups is 6. The van der Waals surface area contributed by atoms with Gasteiger partial charge in [-0.3, -0.25) is 24.0 Å². The number of hydrogen-bond donors (Lipinski definition) is 4. The first-order chi connectivity index (χ1) is 22.7. The van der Waals surface area contributed by atoms with Crippen LogP contribution in [0.2, 0.25) is 0 Å². The number of urea groups is 1. The lowest BCUT2D eigenvalue weighted by Crippen LogP contribution is -2.62. The summed E-state index contributed by atoms with van der Waals surface area (Å²) in [5, 5.41) is 11.0. The molecule has 0 aromatic heterocycles. The minimum Gasteiger partial charge on any atom is -0.349 e. The van der Waals surface area contributed by atoms with Crippen LogP contribution in [0.25, 0.3) is 0 Å². The molecule has 5 atom stereocenters. The van der Waals surface area contributed by atoms with E-state index in [-0.39, 0.29) is 48.5 Å². The van der Waals surface area contributed by atoms with Crippen molar-refractivity contribution in [2.45, 2.75) is 105 Å².